The Balaban J connectivity index is 2.08. The Morgan fingerprint density at radius 1 is 1.33 bits per heavy atom. The average Bonchev–Trinajstić information content (AvgIpc) is 2.77. The molecule has 2 atom stereocenters. The van der Waals surface area contributed by atoms with Crippen LogP contribution >= 0.6 is 0 Å². The zero-order valence-electron chi connectivity index (χ0n) is 12.5. The van der Waals surface area contributed by atoms with Crippen LogP contribution in [-0.4, -0.2) is 27.6 Å². The van der Waals surface area contributed by atoms with Gasteiger partial charge in [0.2, 0.25) is 0 Å². The van der Waals surface area contributed by atoms with Gasteiger partial charge >= 0.3 is 5.97 Å². The molecule has 1 saturated carbocycles. The number of rotatable bonds is 5. The van der Waals surface area contributed by atoms with Gasteiger partial charge in [-0.3, -0.25) is 9.59 Å². The maximum atomic E-state index is 12.4. The molecule has 5 heteroatoms. The molecule has 0 bridgehead atoms. The van der Waals surface area contributed by atoms with E-state index in [4.69, 9.17) is 0 Å². The van der Waals surface area contributed by atoms with Crippen LogP contribution in [0.1, 0.15) is 55.9 Å². The first kappa shape index (κ1) is 15.6. The lowest BCUT2D eigenvalue weighted by molar-refractivity contribution is -0.142. The number of nitrogens with zero attached hydrogens (tertiary/aromatic N) is 1. The van der Waals surface area contributed by atoms with Gasteiger partial charge in [-0.2, -0.15) is 0 Å². The molecule has 1 aliphatic carbocycles. The molecule has 2 unspecified atom stereocenters. The summed E-state index contributed by atoms with van der Waals surface area (Å²) in [7, 11) is 0. The van der Waals surface area contributed by atoms with E-state index in [1.807, 2.05) is 16.8 Å². The van der Waals surface area contributed by atoms with Crippen LogP contribution in [0, 0.1) is 5.92 Å². The fourth-order valence-electron chi connectivity index (χ4n) is 3.07. The van der Waals surface area contributed by atoms with Gasteiger partial charge in [0.1, 0.15) is 5.69 Å². The van der Waals surface area contributed by atoms with Crippen molar-refractivity contribution in [3.8, 4) is 0 Å². The highest BCUT2D eigenvalue weighted by molar-refractivity contribution is 5.93. The highest BCUT2D eigenvalue weighted by Gasteiger charge is 2.31. The van der Waals surface area contributed by atoms with Gasteiger partial charge in [0.05, 0.1) is 5.92 Å². The highest BCUT2D eigenvalue weighted by atomic mass is 16.4. The minimum Gasteiger partial charge on any atom is -0.481 e. The minimum atomic E-state index is -0.800. The first-order valence-electron chi connectivity index (χ1n) is 7.82. The molecular formula is C16H24N2O3. The topological polar surface area (TPSA) is 71.3 Å². The quantitative estimate of drug-likeness (QED) is 0.820. The molecule has 1 aliphatic rings. The fourth-order valence-corrected chi connectivity index (χ4v) is 3.07. The summed E-state index contributed by atoms with van der Waals surface area (Å²) in [6.07, 6.45) is 7.19. The Kier molecular flexibility index (Phi) is 5.42. The summed E-state index contributed by atoms with van der Waals surface area (Å²) < 4.78 is 1.92. The normalized spacial score (nSPS) is 22.5. The minimum absolute atomic E-state index is 0.161. The third-order valence-corrected chi connectivity index (χ3v) is 4.18. The lowest BCUT2D eigenvalue weighted by atomic mass is 9.95. The van der Waals surface area contributed by atoms with Gasteiger partial charge < -0.3 is 15.0 Å². The largest absolute Gasteiger partial charge is 0.481 e. The summed E-state index contributed by atoms with van der Waals surface area (Å²) in [4.78, 5) is 23.8. The molecule has 1 heterocycles. The molecule has 0 aliphatic heterocycles. The summed E-state index contributed by atoms with van der Waals surface area (Å²) in [5.74, 6) is -1.43. The molecule has 21 heavy (non-hydrogen) atoms. The zero-order valence-corrected chi connectivity index (χ0v) is 12.5. The molecule has 1 fully saturated rings. The van der Waals surface area contributed by atoms with Crippen molar-refractivity contribution in [3.05, 3.63) is 24.0 Å². The molecule has 0 aromatic carbocycles. The lowest BCUT2D eigenvalue weighted by Crippen LogP contribution is -2.43. The predicted octanol–water partition coefficient (Wildman–Crippen LogP) is 2.66. The van der Waals surface area contributed by atoms with Crippen molar-refractivity contribution < 1.29 is 14.7 Å². The number of hydrogen-bond acceptors (Lipinski definition) is 2. The van der Waals surface area contributed by atoms with Gasteiger partial charge in [-0.15, -0.1) is 0 Å². The van der Waals surface area contributed by atoms with Gasteiger partial charge in [0.25, 0.3) is 5.91 Å². The van der Waals surface area contributed by atoms with E-state index < -0.39 is 11.9 Å². The number of aromatic nitrogens is 1. The van der Waals surface area contributed by atoms with E-state index >= 15 is 0 Å². The first-order valence-corrected chi connectivity index (χ1v) is 7.82. The third-order valence-electron chi connectivity index (χ3n) is 4.18. The van der Waals surface area contributed by atoms with Gasteiger partial charge in [-0.25, -0.2) is 0 Å². The van der Waals surface area contributed by atoms with Crippen LogP contribution in [0.15, 0.2) is 18.3 Å². The van der Waals surface area contributed by atoms with Crippen molar-refractivity contribution in [2.45, 2.75) is 58.0 Å². The molecule has 1 amide bonds. The molecule has 0 spiro atoms. The van der Waals surface area contributed by atoms with Gasteiger partial charge in [-0.05, 0) is 31.4 Å². The number of aliphatic carboxylic acids is 1. The highest BCUT2D eigenvalue weighted by Crippen LogP contribution is 2.24. The van der Waals surface area contributed by atoms with Crippen LogP contribution in [0.25, 0.3) is 0 Å². The molecule has 0 saturated heterocycles. The molecule has 5 nitrogen and oxygen atoms in total. The summed E-state index contributed by atoms with van der Waals surface area (Å²) in [6, 6.07) is 3.38. The van der Waals surface area contributed by atoms with Gasteiger partial charge in [0, 0.05) is 18.8 Å². The Labute approximate surface area is 125 Å². The van der Waals surface area contributed by atoms with E-state index in [1.165, 1.54) is 0 Å². The monoisotopic (exact) mass is 292 g/mol. The number of nitrogens with one attached hydrogen (secondary N) is 1. The van der Waals surface area contributed by atoms with Crippen LogP contribution in [0.4, 0.5) is 0 Å². The number of amides is 1. The van der Waals surface area contributed by atoms with Gasteiger partial charge in [-0.1, -0.05) is 26.2 Å². The van der Waals surface area contributed by atoms with Crippen LogP contribution in [0.2, 0.25) is 0 Å². The fraction of sp³-hybridized carbons (Fsp3) is 0.625. The second-order valence-corrected chi connectivity index (χ2v) is 5.75. The van der Waals surface area contributed by atoms with Crippen molar-refractivity contribution in [2.75, 3.05) is 0 Å². The summed E-state index contributed by atoms with van der Waals surface area (Å²) in [5.41, 5.74) is 0.616. The Morgan fingerprint density at radius 3 is 2.81 bits per heavy atom. The van der Waals surface area contributed by atoms with Crippen molar-refractivity contribution >= 4 is 11.9 Å². The predicted molar refractivity (Wildman–Crippen MR) is 80.2 cm³/mol. The molecule has 2 rings (SSSR count). The smallest absolute Gasteiger partial charge is 0.308 e. The van der Waals surface area contributed by atoms with Crippen LogP contribution in [0.3, 0.4) is 0 Å². The number of carbonyl (C=O) groups excluding carboxylic acids is 1. The zero-order chi connectivity index (χ0) is 15.2. The Bertz CT molecular complexity index is 495. The molecule has 1 aromatic heterocycles. The molecule has 116 valence electrons. The first-order chi connectivity index (χ1) is 10.1. The Hall–Kier alpha value is -1.78. The van der Waals surface area contributed by atoms with Crippen LogP contribution in [0.5, 0.6) is 0 Å². The average molecular weight is 292 g/mol. The van der Waals surface area contributed by atoms with E-state index in [0.29, 0.717) is 12.1 Å². The summed E-state index contributed by atoms with van der Waals surface area (Å²) in [5, 5.41) is 12.3. The van der Waals surface area contributed by atoms with E-state index in [1.54, 1.807) is 6.07 Å². The lowest BCUT2D eigenvalue weighted by Gasteiger charge is -2.23. The standard InChI is InChI=1S/C16H24N2O3/c1-2-10-18-11-6-9-14(18)15(19)17-13-8-5-3-4-7-12(13)16(20)21/h6,9,11-13H,2-5,7-8,10H2,1H3,(H,17,19)(H,20,21). The van der Waals surface area contributed by atoms with Crippen molar-refractivity contribution in [1.82, 2.24) is 9.88 Å². The maximum Gasteiger partial charge on any atom is 0.308 e. The Morgan fingerprint density at radius 2 is 2.10 bits per heavy atom. The van der Waals surface area contributed by atoms with Crippen molar-refractivity contribution in [2.24, 2.45) is 5.92 Å². The SMILES string of the molecule is CCCn1cccc1C(=O)NC1CCCCCC1C(=O)O. The van der Waals surface area contributed by atoms with Crippen molar-refractivity contribution in [3.63, 3.8) is 0 Å². The summed E-state index contributed by atoms with van der Waals surface area (Å²) in [6.45, 7) is 2.86. The molecule has 2 N–H and O–H groups in total. The van der Waals surface area contributed by atoms with Crippen LogP contribution in [-0.2, 0) is 11.3 Å². The third kappa shape index (κ3) is 3.86. The van der Waals surface area contributed by atoms with Crippen LogP contribution < -0.4 is 5.32 Å². The number of carbonyl (C=O) groups is 2. The summed E-state index contributed by atoms with van der Waals surface area (Å²) >= 11 is 0. The number of hydrogen-bond donors (Lipinski definition) is 2. The molecule has 0 radical (unpaired) electrons. The number of carboxylic acid groups (broad SMARTS) is 1. The van der Waals surface area contributed by atoms with E-state index in [9.17, 15) is 14.7 Å². The van der Waals surface area contributed by atoms with Crippen molar-refractivity contribution in [1.29, 1.82) is 0 Å². The van der Waals surface area contributed by atoms with E-state index in [0.717, 1.165) is 38.6 Å². The number of carboxylic acids is 1. The van der Waals surface area contributed by atoms with E-state index in [2.05, 4.69) is 12.2 Å². The van der Waals surface area contributed by atoms with Gasteiger partial charge in [0.15, 0.2) is 0 Å². The molecular weight excluding hydrogens is 268 g/mol. The maximum absolute atomic E-state index is 12.4. The second kappa shape index (κ2) is 7.29. The molecule has 1 aromatic rings. The second-order valence-electron chi connectivity index (χ2n) is 5.75. The number of aryl methyl sites for hydroxylation is 1. The van der Waals surface area contributed by atoms with E-state index in [-0.39, 0.29) is 11.9 Å².